The number of carbonyl (C=O) groups excluding carboxylic acids is 1. The SMILES string of the molecule is O=C(NC[C@@H]1CCCCN1Cc1ccccc1)N[C@@H]1C=C[C@H](CO)C1. The Kier molecular flexibility index (Phi) is 6.48. The van der Waals surface area contributed by atoms with Gasteiger partial charge in [-0.05, 0) is 31.4 Å². The Morgan fingerprint density at radius 3 is 2.80 bits per heavy atom. The molecule has 1 aliphatic carbocycles. The average Bonchev–Trinajstić information content (AvgIpc) is 3.09. The summed E-state index contributed by atoms with van der Waals surface area (Å²) < 4.78 is 0. The van der Waals surface area contributed by atoms with Gasteiger partial charge in [0, 0.05) is 37.7 Å². The third-order valence-electron chi connectivity index (χ3n) is 5.20. The van der Waals surface area contributed by atoms with Crippen molar-refractivity contribution in [3.63, 3.8) is 0 Å². The highest BCUT2D eigenvalue weighted by Crippen LogP contribution is 2.19. The van der Waals surface area contributed by atoms with Gasteiger partial charge in [0.2, 0.25) is 0 Å². The molecule has 0 bridgehead atoms. The standard InChI is InChI=1S/C20H29N3O2/c24-15-17-9-10-18(12-17)22-20(25)21-13-19-8-4-5-11-23(19)14-16-6-2-1-3-7-16/h1-3,6-7,9-10,17-19,24H,4-5,8,11-15H2,(H2,21,22,25)/t17-,18+,19-/m0/s1. The van der Waals surface area contributed by atoms with Gasteiger partial charge in [0.05, 0.1) is 0 Å². The second-order valence-corrected chi connectivity index (χ2v) is 7.13. The number of likely N-dealkylation sites (tertiary alicyclic amines) is 1. The van der Waals surface area contributed by atoms with Crippen LogP contribution in [0.25, 0.3) is 0 Å². The predicted octanol–water partition coefficient (Wildman–Crippen LogP) is 2.28. The van der Waals surface area contributed by atoms with E-state index in [1.165, 1.54) is 18.4 Å². The summed E-state index contributed by atoms with van der Waals surface area (Å²) in [5.41, 5.74) is 1.32. The molecule has 3 atom stereocenters. The number of rotatable bonds is 6. The van der Waals surface area contributed by atoms with E-state index >= 15 is 0 Å². The highest BCUT2D eigenvalue weighted by molar-refractivity contribution is 5.74. The molecule has 1 aliphatic heterocycles. The maximum absolute atomic E-state index is 12.2. The minimum atomic E-state index is -0.113. The zero-order valence-corrected chi connectivity index (χ0v) is 14.7. The lowest BCUT2D eigenvalue weighted by molar-refractivity contribution is 0.138. The van der Waals surface area contributed by atoms with E-state index in [0.717, 1.165) is 25.9 Å². The number of aliphatic hydroxyl groups is 1. The van der Waals surface area contributed by atoms with Crippen LogP contribution in [0.1, 0.15) is 31.2 Å². The third kappa shape index (κ3) is 5.31. The highest BCUT2D eigenvalue weighted by atomic mass is 16.3. The Morgan fingerprint density at radius 1 is 1.20 bits per heavy atom. The molecule has 3 N–H and O–H groups in total. The molecule has 5 nitrogen and oxygen atoms in total. The zero-order valence-electron chi connectivity index (χ0n) is 14.7. The van der Waals surface area contributed by atoms with Crippen molar-refractivity contribution in [3.05, 3.63) is 48.0 Å². The summed E-state index contributed by atoms with van der Waals surface area (Å²) >= 11 is 0. The lowest BCUT2D eigenvalue weighted by Crippen LogP contribution is -2.49. The van der Waals surface area contributed by atoms with Crippen molar-refractivity contribution in [2.45, 2.75) is 44.3 Å². The first-order valence-corrected chi connectivity index (χ1v) is 9.36. The van der Waals surface area contributed by atoms with Crippen LogP contribution in [0.4, 0.5) is 4.79 Å². The number of carbonyl (C=O) groups is 1. The maximum atomic E-state index is 12.2. The molecule has 1 aromatic rings. The predicted molar refractivity (Wildman–Crippen MR) is 99.1 cm³/mol. The number of aliphatic hydroxyl groups excluding tert-OH is 1. The molecule has 0 radical (unpaired) electrons. The number of nitrogens with one attached hydrogen (secondary N) is 2. The van der Waals surface area contributed by atoms with Gasteiger partial charge in [0.15, 0.2) is 0 Å². The van der Waals surface area contributed by atoms with Crippen LogP contribution in [0.2, 0.25) is 0 Å². The monoisotopic (exact) mass is 343 g/mol. The number of hydrogen-bond donors (Lipinski definition) is 3. The van der Waals surface area contributed by atoms with Crippen molar-refractivity contribution in [1.82, 2.24) is 15.5 Å². The highest BCUT2D eigenvalue weighted by Gasteiger charge is 2.24. The quantitative estimate of drug-likeness (QED) is 0.694. The molecule has 2 aliphatic rings. The molecular formula is C20H29N3O2. The zero-order chi connectivity index (χ0) is 17.5. The summed E-state index contributed by atoms with van der Waals surface area (Å²) in [5.74, 6) is 0.171. The third-order valence-corrected chi connectivity index (χ3v) is 5.20. The number of piperidine rings is 1. The van der Waals surface area contributed by atoms with Crippen LogP contribution in [0, 0.1) is 5.92 Å². The summed E-state index contributed by atoms with van der Waals surface area (Å²) in [5, 5.41) is 15.2. The summed E-state index contributed by atoms with van der Waals surface area (Å²) in [6.07, 6.45) is 8.32. The van der Waals surface area contributed by atoms with Crippen LogP contribution < -0.4 is 10.6 Å². The molecule has 0 unspecified atom stereocenters. The molecule has 136 valence electrons. The molecule has 3 rings (SSSR count). The van der Waals surface area contributed by atoms with Crippen molar-refractivity contribution in [2.75, 3.05) is 19.7 Å². The molecule has 2 amide bonds. The lowest BCUT2D eigenvalue weighted by atomic mass is 10.0. The number of hydrogen-bond acceptors (Lipinski definition) is 3. The number of benzene rings is 1. The van der Waals surface area contributed by atoms with Gasteiger partial charge in [-0.2, -0.15) is 0 Å². The van der Waals surface area contributed by atoms with Gasteiger partial charge >= 0.3 is 6.03 Å². The normalized spacial score (nSPS) is 26.5. The maximum Gasteiger partial charge on any atom is 0.315 e. The van der Waals surface area contributed by atoms with Gasteiger partial charge in [-0.3, -0.25) is 4.90 Å². The number of urea groups is 1. The minimum absolute atomic E-state index is 0.0314. The number of amides is 2. The van der Waals surface area contributed by atoms with E-state index < -0.39 is 0 Å². The van der Waals surface area contributed by atoms with E-state index in [2.05, 4.69) is 39.8 Å². The smallest absolute Gasteiger partial charge is 0.315 e. The fourth-order valence-electron chi connectivity index (χ4n) is 3.76. The van der Waals surface area contributed by atoms with Crippen LogP contribution >= 0.6 is 0 Å². The molecule has 1 aromatic carbocycles. The molecular weight excluding hydrogens is 314 g/mol. The van der Waals surface area contributed by atoms with Crippen molar-refractivity contribution in [3.8, 4) is 0 Å². The first-order valence-electron chi connectivity index (χ1n) is 9.36. The van der Waals surface area contributed by atoms with Crippen LogP contribution in [0.15, 0.2) is 42.5 Å². The molecule has 0 saturated carbocycles. The Morgan fingerprint density at radius 2 is 2.04 bits per heavy atom. The first-order chi connectivity index (χ1) is 12.2. The molecule has 1 heterocycles. The summed E-state index contributed by atoms with van der Waals surface area (Å²) in [7, 11) is 0. The molecule has 1 fully saturated rings. The van der Waals surface area contributed by atoms with Gasteiger partial charge in [-0.1, -0.05) is 48.9 Å². The fraction of sp³-hybridized carbons (Fsp3) is 0.550. The minimum Gasteiger partial charge on any atom is -0.396 e. The van der Waals surface area contributed by atoms with E-state index in [-0.39, 0.29) is 24.6 Å². The van der Waals surface area contributed by atoms with Gasteiger partial charge < -0.3 is 15.7 Å². The van der Waals surface area contributed by atoms with Crippen molar-refractivity contribution in [1.29, 1.82) is 0 Å². The van der Waals surface area contributed by atoms with Crippen LogP contribution in [0.5, 0.6) is 0 Å². The van der Waals surface area contributed by atoms with Crippen molar-refractivity contribution in [2.24, 2.45) is 5.92 Å². The molecule has 25 heavy (non-hydrogen) atoms. The molecule has 1 saturated heterocycles. The van der Waals surface area contributed by atoms with E-state index in [0.29, 0.717) is 12.6 Å². The summed E-state index contributed by atoms with van der Waals surface area (Å²) in [6, 6.07) is 10.8. The van der Waals surface area contributed by atoms with Crippen LogP contribution in [0.3, 0.4) is 0 Å². The molecule has 0 aromatic heterocycles. The summed E-state index contributed by atoms with van der Waals surface area (Å²) in [6.45, 7) is 2.86. The molecule has 0 spiro atoms. The first kappa shape index (κ1) is 18.0. The van der Waals surface area contributed by atoms with Crippen molar-refractivity contribution >= 4 is 6.03 Å². The fourth-order valence-corrected chi connectivity index (χ4v) is 3.76. The number of nitrogens with zero attached hydrogens (tertiary/aromatic N) is 1. The van der Waals surface area contributed by atoms with E-state index in [9.17, 15) is 4.79 Å². The Hall–Kier alpha value is -1.85. The van der Waals surface area contributed by atoms with Gasteiger partial charge in [-0.25, -0.2) is 4.79 Å². The second-order valence-electron chi connectivity index (χ2n) is 7.13. The topological polar surface area (TPSA) is 64.6 Å². The van der Waals surface area contributed by atoms with Crippen LogP contribution in [-0.4, -0.2) is 47.8 Å². The summed E-state index contributed by atoms with van der Waals surface area (Å²) in [4.78, 5) is 14.6. The van der Waals surface area contributed by atoms with Crippen molar-refractivity contribution < 1.29 is 9.90 Å². The van der Waals surface area contributed by atoms with E-state index in [1.807, 2.05) is 18.2 Å². The molecule has 5 heteroatoms. The van der Waals surface area contributed by atoms with Gasteiger partial charge in [0.25, 0.3) is 0 Å². The van der Waals surface area contributed by atoms with Crippen LogP contribution in [-0.2, 0) is 6.54 Å². The largest absolute Gasteiger partial charge is 0.396 e. The lowest BCUT2D eigenvalue weighted by Gasteiger charge is -2.36. The second kappa shape index (κ2) is 9.02. The Bertz CT molecular complexity index is 576. The van der Waals surface area contributed by atoms with Gasteiger partial charge in [-0.15, -0.1) is 0 Å². The average molecular weight is 343 g/mol. The van der Waals surface area contributed by atoms with E-state index in [1.54, 1.807) is 0 Å². The Balaban J connectivity index is 1.45. The van der Waals surface area contributed by atoms with E-state index in [4.69, 9.17) is 5.11 Å². The Labute approximate surface area is 150 Å². The van der Waals surface area contributed by atoms with Gasteiger partial charge in [0.1, 0.15) is 0 Å².